The third kappa shape index (κ3) is 8.70. The van der Waals surface area contributed by atoms with Crippen molar-refractivity contribution in [2.45, 2.75) is 78.6 Å². The van der Waals surface area contributed by atoms with Crippen molar-refractivity contribution >= 4 is 5.97 Å². The van der Waals surface area contributed by atoms with Gasteiger partial charge in [-0.2, -0.15) is 0 Å². The van der Waals surface area contributed by atoms with Crippen molar-refractivity contribution in [2.24, 2.45) is 17.8 Å². The van der Waals surface area contributed by atoms with Crippen LogP contribution in [0.5, 0.6) is 17.2 Å². The van der Waals surface area contributed by atoms with Crippen molar-refractivity contribution in [1.29, 1.82) is 0 Å². The normalized spacial score (nSPS) is 18.8. The summed E-state index contributed by atoms with van der Waals surface area (Å²) in [5.74, 6) is 3.81. The van der Waals surface area contributed by atoms with Crippen molar-refractivity contribution in [3.8, 4) is 17.2 Å². The zero-order valence-electron chi connectivity index (χ0n) is 21.3. The number of carbonyl (C=O) groups excluding carboxylic acids is 1. The van der Waals surface area contributed by atoms with Gasteiger partial charge in [0.05, 0.1) is 18.8 Å². The summed E-state index contributed by atoms with van der Waals surface area (Å²) < 4.78 is 17.3. The summed E-state index contributed by atoms with van der Waals surface area (Å²) in [6, 6.07) is 14.5. The first-order valence-corrected chi connectivity index (χ1v) is 13.2. The number of ether oxygens (including phenoxy) is 3. The first-order chi connectivity index (χ1) is 16.6. The molecule has 1 aliphatic carbocycles. The second-order valence-electron chi connectivity index (χ2n) is 9.90. The lowest BCUT2D eigenvalue weighted by Gasteiger charge is -2.28. The minimum Gasteiger partial charge on any atom is -0.493 e. The molecule has 0 N–H and O–H groups in total. The van der Waals surface area contributed by atoms with Gasteiger partial charge in [-0.15, -0.1) is 0 Å². The summed E-state index contributed by atoms with van der Waals surface area (Å²) in [7, 11) is 0. The van der Waals surface area contributed by atoms with Crippen LogP contribution in [0.15, 0.2) is 48.5 Å². The fourth-order valence-corrected chi connectivity index (χ4v) is 4.40. The second kappa shape index (κ2) is 14.0. The minimum absolute atomic E-state index is 0.377. The van der Waals surface area contributed by atoms with Gasteiger partial charge in [0, 0.05) is 0 Å². The molecule has 2 aromatic carbocycles. The van der Waals surface area contributed by atoms with Crippen LogP contribution in [-0.2, 0) is 0 Å². The molecule has 4 heteroatoms. The highest BCUT2D eigenvalue weighted by Crippen LogP contribution is 2.32. The van der Waals surface area contributed by atoms with Crippen LogP contribution in [0.25, 0.3) is 0 Å². The van der Waals surface area contributed by atoms with Crippen molar-refractivity contribution in [2.75, 3.05) is 13.2 Å². The Morgan fingerprint density at radius 2 is 1.41 bits per heavy atom. The Morgan fingerprint density at radius 1 is 0.824 bits per heavy atom. The Balaban J connectivity index is 1.38. The first kappa shape index (κ1) is 26.1. The van der Waals surface area contributed by atoms with Crippen molar-refractivity contribution in [1.82, 2.24) is 0 Å². The van der Waals surface area contributed by atoms with Crippen molar-refractivity contribution in [3.05, 3.63) is 54.1 Å². The van der Waals surface area contributed by atoms with Crippen LogP contribution in [0.2, 0.25) is 0 Å². The summed E-state index contributed by atoms with van der Waals surface area (Å²) in [5.41, 5.74) is 0.501. The molecular formula is C30H42O4. The molecule has 0 heterocycles. The molecule has 186 valence electrons. The van der Waals surface area contributed by atoms with E-state index in [4.69, 9.17) is 14.2 Å². The van der Waals surface area contributed by atoms with E-state index in [1.807, 2.05) is 24.3 Å². The van der Waals surface area contributed by atoms with E-state index < -0.39 is 0 Å². The molecule has 0 aromatic heterocycles. The number of carbonyl (C=O) groups is 1. The van der Waals surface area contributed by atoms with E-state index >= 15 is 0 Å². The molecule has 0 aliphatic heterocycles. The predicted octanol–water partition coefficient (Wildman–Crippen LogP) is 8.10. The largest absolute Gasteiger partial charge is 0.493 e. The number of esters is 1. The fraction of sp³-hybridized carbons (Fsp3) is 0.567. The number of unbranched alkanes of at least 4 members (excludes halogenated alkanes) is 2. The lowest BCUT2D eigenvalue weighted by Crippen LogP contribution is -2.20. The Hall–Kier alpha value is -2.49. The zero-order valence-corrected chi connectivity index (χ0v) is 21.3. The summed E-state index contributed by atoms with van der Waals surface area (Å²) in [5, 5.41) is 0. The third-order valence-corrected chi connectivity index (χ3v) is 7.02. The van der Waals surface area contributed by atoms with E-state index in [0.29, 0.717) is 29.8 Å². The number of hydrogen-bond donors (Lipinski definition) is 0. The highest BCUT2D eigenvalue weighted by atomic mass is 16.5. The number of rotatable bonds is 13. The summed E-state index contributed by atoms with van der Waals surface area (Å²) >= 11 is 0. The highest BCUT2D eigenvalue weighted by Gasteiger charge is 2.21. The SMILES string of the molecule is CCCCC[C@H]1CC[C@H](COc2ccc(OC(=O)c3ccc(OC[C@@H](C)CC)cc3)cc2)CC1. The van der Waals surface area contributed by atoms with Gasteiger partial charge in [-0.05, 0) is 79.1 Å². The number of hydrogen-bond acceptors (Lipinski definition) is 4. The van der Waals surface area contributed by atoms with Gasteiger partial charge in [0.15, 0.2) is 0 Å². The average molecular weight is 467 g/mol. The number of benzene rings is 2. The van der Waals surface area contributed by atoms with Gasteiger partial charge in [-0.3, -0.25) is 0 Å². The molecule has 3 rings (SSSR count). The lowest BCUT2D eigenvalue weighted by molar-refractivity contribution is 0.0734. The standard InChI is InChI=1S/C30H42O4/c1-4-6-7-8-24-9-11-25(12-10-24)22-33-28-17-19-29(20-18-28)34-30(31)26-13-15-27(16-14-26)32-21-23(3)5-2/h13-20,23-25H,4-12,21-22H2,1-3H3/t23-,24-,25-/m0/s1. The molecule has 1 saturated carbocycles. The fourth-order valence-electron chi connectivity index (χ4n) is 4.40. The summed E-state index contributed by atoms with van der Waals surface area (Å²) in [6.07, 6.45) is 11.8. The maximum absolute atomic E-state index is 12.5. The molecule has 34 heavy (non-hydrogen) atoms. The van der Waals surface area contributed by atoms with Crippen molar-refractivity contribution in [3.63, 3.8) is 0 Å². The first-order valence-electron chi connectivity index (χ1n) is 13.2. The van der Waals surface area contributed by atoms with Crippen LogP contribution >= 0.6 is 0 Å². The maximum Gasteiger partial charge on any atom is 0.343 e. The van der Waals surface area contributed by atoms with Gasteiger partial charge in [0.1, 0.15) is 17.2 Å². The predicted molar refractivity (Wildman–Crippen MR) is 138 cm³/mol. The van der Waals surface area contributed by atoms with Gasteiger partial charge < -0.3 is 14.2 Å². The highest BCUT2D eigenvalue weighted by molar-refractivity contribution is 5.91. The van der Waals surface area contributed by atoms with Crippen LogP contribution < -0.4 is 14.2 Å². The molecule has 0 bridgehead atoms. The van der Waals surface area contributed by atoms with Gasteiger partial charge in [-0.1, -0.05) is 65.7 Å². The van der Waals surface area contributed by atoms with Crippen LogP contribution in [-0.4, -0.2) is 19.2 Å². The summed E-state index contributed by atoms with van der Waals surface area (Å²) in [4.78, 5) is 12.5. The Kier molecular flexibility index (Phi) is 10.8. The maximum atomic E-state index is 12.5. The summed E-state index contributed by atoms with van der Waals surface area (Å²) in [6.45, 7) is 8.02. The molecule has 0 unspecified atom stereocenters. The molecule has 1 aliphatic rings. The quantitative estimate of drug-likeness (QED) is 0.170. The molecule has 2 aromatic rings. The molecule has 0 amide bonds. The van der Waals surface area contributed by atoms with Crippen LogP contribution in [0.4, 0.5) is 0 Å². The Labute approximate surface area is 206 Å². The molecule has 1 fully saturated rings. The zero-order chi connectivity index (χ0) is 24.2. The van der Waals surface area contributed by atoms with Gasteiger partial charge in [-0.25, -0.2) is 4.79 Å². The molecule has 1 atom stereocenters. The van der Waals surface area contributed by atoms with E-state index in [2.05, 4.69) is 20.8 Å². The van der Waals surface area contributed by atoms with Gasteiger partial charge >= 0.3 is 5.97 Å². The molecule has 4 nitrogen and oxygen atoms in total. The minimum atomic E-state index is -0.377. The monoisotopic (exact) mass is 466 g/mol. The van der Waals surface area contributed by atoms with E-state index in [-0.39, 0.29) is 5.97 Å². The topological polar surface area (TPSA) is 44.8 Å². The second-order valence-corrected chi connectivity index (χ2v) is 9.90. The van der Waals surface area contributed by atoms with Gasteiger partial charge in [0.25, 0.3) is 0 Å². The molecule has 0 spiro atoms. The Bertz CT molecular complexity index is 835. The van der Waals surface area contributed by atoms with E-state index in [1.165, 1.54) is 51.4 Å². The average Bonchev–Trinajstić information content (AvgIpc) is 2.88. The lowest BCUT2D eigenvalue weighted by atomic mass is 9.80. The van der Waals surface area contributed by atoms with E-state index in [1.54, 1.807) is 24.3 Å². The van der Waals surface area contributed by atoms with Crippen molar-refractivity contribution < 1.29 is 19.0 Å². The van der Waals surface area contributed by atoms with Crippen LogP contribution in [0.3, 0.4) is 0 Å². The molecule has 0 radical (unpaired) electrons. The third-order valence-electron chi connectivity index (χ3n) is 7.02. The smallest absolute Gasteiger partial charge is 0.343 e. The van der Waals surface area contributed by atoms with E-state index in [0.717, 1.165) is 30.4 Å². The molecule has 0 saturated heterocycles. The van der Waals surface area contributed by atoms with Crippen LogP contribution in [0.1, 0.15) is 88.9 Å². The van der Waals surface area contributed by atoms with Gasteiger partial charge in [0.2, 0.25) is 0 Å². The van der Waals surface area contributed by atoms with E-state index in [9.17, 15) is 4.79 Å². The van der Waals surface area contributed by atoms with Crippen LogP contribution in [0, 0.1) is 17.8 Å². The Morgan fingerprint density at radius 3 is 2.06 bits per heavy atom. The molecular weight excluding hydrogens is 424 g/mol.